The van der Waals surface area contributed by atoms with Crippen molar-refractivity contribution >= 4 is 11.8 Å². The van der Waals surface area contributed by atoms with Crippen molar-refractivity contribution < 1.29 is 19.4 Å². The number of phenolic OH excluding ortho intramolecular Hbond substituents is 1. The second-order valence-electron chi connectivity index (χ2n) is 9.17. The zero-order valence-electron chi connectivity index (χ0n) is 21.4. The first-order valence-corrected chi connectivity index (χ1v) is 13.6. The van der Waals surface area contributed by atoms with Crippen molar-refractivity contribution in [2.45, 2.75) is 116 Å². The van der Waals surface area contributed by atoms with Crippen molar-refractivity contribution in [3.05, 3.63) is 24.3 Å². The van der Waals surface area contributed by atoms with E-state index in [0.717, 1.165) is 50.7 Å². The molecule has 1 aromatic rings. The number of carbonyl (C=O) groups is 2. The average molecular weight is 477 g/mol. The van der Waals surface area contributed by atoms with Gasteiger partial charge in [-0.3, -0.25) is 9.59 Å². The smallest absolute Gasteiger partial charge is 0.221 e. The molecule has 3 N–H and O–H groups in total. The Kier molecular flexibility index (Phi) is 18.7. The maximum Gasteiger partial charge on any atom is 0.221 e. The fourth-order valence-electron chi connectivity index (χ4n) is 3.84. The van der Waals surface area contributed by atoms with Crippen LogP contribution in [0, 0.1) is 0 Å². The molecule has 2 amide bonds. The lowest BCUT2D eigenvalue weighted by Crippen LogP contribution is -2.37. The van der Waals surface area contributed by atoms with Crippen LogP contribution in [0.4, 0.5) is 0 Å². The van der Waals surface area contributed by atoms with E-state index >= 15 is 0 Å². The lowest BCUT2D eigenvalue weighted by atomic mass is 10.1. The van der Waals surface area contributed by atoms with E-state index in [1.54, 1.807) is 24.3 Å². The van der Waals surface area contributed by atoms with Crippen molar-refractivity contribution in [1.82, 2.24) is 10.6 Å². The zero-order chi connectivity index (χ0) is 24.7. The first-order valence-electron chi connectivity index (χ1n) is 13.6. The highest BCUT2D eigenvalue weighted by Crippen LogP contribution is 2.16. The predicted octanol–water partition coefficient (Wildman–Crippen LogP) is 6.61. The molecule has 0 atom stereocenters. The van der Waals surface area contributed by atoms with Gasteiger partial charge in [0.1, 0.15) is 11.5 Å². The van der Waals surface area contributed by atoms with Gasteiger partial charge >= 0.3 is 0 Å². The van der Waals surface area contributed by atoms with E-state index in [4.69, 9.17) is 4.74 Å². The third-order valence-electron chi connectivity index (χ3n) is 5.98. The minimum absolute atomic E-state index is 0.0184. The number of phenols is 1. The van der Waals surface area contributed by atoms with Gasteiger partial charge in [0.2, 0.25) is 11.8 Å². The normalized spacial score (nSPS) is 10.7. The van der Waals surface area contributed by atoms with Gasteiger partial charge in [0.15, 0.2) is 0 Å². The number of ether oxygens (including phenoxy) is 1. The molecule has 1 aromatic carbocycles. The molecule has 0 radical (unpaired) electrons. The Bertz CT molecular complexity index is 634. The highest BCUT2D eigenvalue weighted by Gasteiger charge is 2.04. The summed E-state index contributed by atoms with van der Waals surface area (Å²) in [7, 11) is 0. The third-order valence-corrected chi connectivity index (χ3v) is 5.98. The fraction of sp³-hybridized carbons (Fsp3) is 0.714. The van der Waals surface area contributed by atoms with Gasteiger partial charge in [-0.05, 0) is 43.5 Å². The summed E-state index contributed by atoms with van der Waals surface area (Å²) in [6.07, 6.45) is 18.4. The quantitative estimate of drug-likeness (QED) is 0.130. The van der Waals surface area contributed by atoms with Gasteiger partial charge in [-0.1, -0.05) is 84.0 Å². The lowest BCUT2D eigenvalue weighted by molar-refractivity contribution is -0.123. The molecular weight excluding hydrogens is 428 g/mol. The third kappa shape index (κ3) is 18.2. The van der Waals surface area contributed by atoms with Crippen molar-refractivity contribution in [2.75, 3.05) is 13.3 Å². The Morgan fingerprint density at radius 2 is 1.12 bits per heavy atom. The number of benzene rings is 1. The highest BCUT2D eigenvalue weighted by molar-refractivity contribution is 5.78. The lowest BCUT2D eigenvalue weighted by Gasteiger charge is -2.08. The summed E-state index contributed by atoms with van der Waals surface area (Å²) >= 11 is 0. The summed E-state index contributed by atoms with van der Waals surface area (Å²) in [5, 5.41) is 14.8. The summed E-state index contributed by atoms with van der Waals surface area (Å²) in [5.41, 5.74) is 0. The molecule has 6 nitrogen and oxygen atoms in total. The van der Waals surface area contributed by atoms with E-state index in [2.05, 4.69) is 17.6 Å². The number of rotatable bonds is 22. The molecule has 34 heavy (non-hydrogen) atoms. The van der Waals surface area contributed by atoms with Gasteiger partial charge in [0, 0.05) is 12.8 Å². The van der Waals surface area contributed by atoms with Gasteiger partial charge in [0.25, 0.3) is 0 Å². The summed E-state index contributed by atoms with van der Waals surface area (Å²) in [5.74, 6) is 1.10. The number of aromatic hydroxyl groups is 1. The van der Waals surface area contributed by atoms with Crippen LogP contribution in [0.1, 0.15) is 116 Å². The molecule has 0 aliphatic rings. The van der Waals surface area contributed by atoms with Crippen LogP contribution in [0.3, 0.4) is 0 Å². The molecule has 6 heteroatoms. The van der Waals surface area contributed by atoms with Crippen LogP contribution in [0.5, 0.6) is 11.5 Å². The molecule has 0 unspecified atom stereocenters. The molecular formula is C28H48N2O4. The summed E-state index contributed by atoms with van der Waals surface area (Å²) in [6, 6.07) is 6.83. The van der Waals surface area contributed by atoms with Crippen LogP contribution in [0.15, 0.2) is 24.3 Å². The number of nitrogens with one attached hydrogen (secondary N) is 2. The van der Waals surface area contributed by atoms with Crippen LogP contribution in [0.2, 0.25) is 0 Å². The molecule has 1 rings (SSSR count). The largest absolute Gasteiger partial charge is 0.508 e. The fourth-order valence-corrected chi connectivity index (χ4v) is 3.84. The molecule has 0 fully saturated rings. The van der Waals surface area contributed by atoms with Crippen molar-refractivity contribution in [1.29, 1.82) is 0 Å². The second-order valence-corrected chi connectivity index (χ2v) is 9.17. The standard InChI is InChI=1S/C28H48N2O4/c1-2-3-4-5-8-11-14-17-27(32)29-24-30-28(33)18-15-12-9-6-7-10-13-16-23-34-26-21-19-25(31)20-22-26/h19-22,31H,2-18,23-24H2,1H3,(H,29,32)(H,30,33). The molecule has 0 aliphatic heterocycles. The summed E-state index contributed by atoms with van der Waals surface area (Å²) in [4.78, 5) is 23.7. The van der Waals surface area contributed by atoms with Crippen molar-refractivity contribution in [2.24, 2.45) is 0 Å². The maximum absolute atomic E-state index is 11.9. The molecule has 0 saturated heterocycles. The monoisotopic (exact) mass is 476 g/mol. The van der Waals surface area contributed by atoms with Gasteiger partial charge in [0.05, 0.1) is 13.3 Å². The SMILES string of the molecule is CCCCCCCCCC(=O)NCNC(=O)CCCCCCCCCCOc1ccc(O)cc1. The van der Waals surface area contributed by atoms with Crippen LogP contribution >= 0.6 is 0 Å². The highest BCUT2D eigenvalue weighted by atomic mass is 16.5. The van der Waals surface area contributed by atoms with Crippen LogP contribution < -0.4 is 15.4 Å². The van der Waals surface area contributed by atoms with Crippen LogP contribution in [-0.4, -0.2) is 30.2 Å². The topological polar surface area (TPSA) is 87.7 Å². The number of hydrogen-bond acceptors (Lipinski definition) is 4. The Balaban J connectivity index is 1.81. The van der Waals surface area contributed by atoms with Crippen LogP contribution in [0.25, 0.3) is 0 Å². The van der Waals surface area contributed by atoms with Gasteiger partial charge in [-0.2, -0.15) is 0 Å². The molecule has 194 valence electrons. The number of unbranched alkanes of at least 4 members (excludes halogenated alkanes) is 13. The molecule has 0 aliphatic carbocycles. The Labute approximate surface area is 207 Å². The number of carbonyl (C=O) groups excluding carboxylic acids is 2. The van der Waals surface area contributed by atoms with E-state index in [1.165, 1.54) is 51.4 Å². The molecule has 0 spiro atoms. The maximum atomic E-state index is 11.9. The predicted molar refractivity (Wildman–Crippen MR) is 139 cm³/mol. The Morgan fingerprint density at radius 1 is 0.676 bits per heavy atom. The van der Waals surface area contributed by atoms with Crippen molar-refractivity contribution in [3.63, 3.8) is 0 Å². The number of hydrogen-bond donors (Lipinski definition) is 3. The van der Waals surface area contributed by atoms with Gasteiger partial charge in [-0.25, -0.2) is 0 Å². The van der Waals surface area contributed by atoms with Crippen LogP contribution in [-0.2, 0) is 9.59 Å². The molecule has 0 heterocycles. The Hall–Kier alpha value is -2.24. The first kappa shape index (κ1) is 29.8. The van der Waals surface area contributed by atoms with Gasteiger partial charge in [-0.15, -0.1) is 0 Å². The van der Waals surface area contributed by atoms with E-state index in [1.807, 2.05) is 0 Å². The molecule has 0 bridgehead atoms. The van der Waals surface area contributed by atoms with E-state index in [0.29, 0.717) is 19.4 Å². The summed E-state index contributed by atoms with van der Waals surface area (Å²) in [6.45, 7) is 3.16. The number of amides is 2. The van der Waals surface area contributed by atoms with E-state index < -0.39 is 0 Å². The molecule has 0 saturated carbocycles. The Morgan fingerprint density at radius 3 is 1.62 bits per heavy atom. The molecule has 0 aromatic heterocycles. The summed E-state index contributed by atoms with van der Waals surface area (Å²) < 4.78 is 5.65. The minimum Gasteiger partial charge on any atom is -0.508 e. The average Bonchev–Trinajstić information content (AvgIpc) is 2.83. The minimum atomic E-state index is 0.0184. The zero-order valence-corrected chi connectivity index (χ0v) is 21.4. The van der Waals surface area contributed by atoms with E-state index in [9.17, 15) is 14.7 Å². The van der Waals surface area contributed by atoms with E-state index in [-0.39, 0.29) is 24.2 Å². The second kappa shape index (κ2) is 21.3. The van der Waals surface area contributed by atoms with Gasteiger partial charge < -0.3 is 20.5 Å². The van der Waals surface area contributed by atoms with Crippen molar-refractivity contribution in [3.8, 4) is 11.5 Å². The first-order chi connectivity index (χ1) is 16.6.